The van der Waals surface area contributed by atoms with E-state index in [2.05, 4.69) is 35.8 Å². The van der Waals surface area contributed by atoms with Gasteiger partial charge in [0.15, 0.2) is 5.72 Å². The van der Waals surface area contributed by atoms with Crippen molar-refractivity contribution in [2.45, 2.75) is 45.3 Å². The molecule has 0 aliphatic carbocycles. The van der Waals surface area contributed by atoms with Crippen LogP contribution >= 0.6 is 0 Å². The minimum Gasteiger partial charge on any atom is -0.474 e. The van der Waals surface area contributed by atoms with Crippen LogP contribution in [-0.4, -0.2) is 41.7 Å². The minimum atomic E-state index is -0.229. The van der Waals surface area contributed by atoms with E-state index in [1.165, 1.54) is 44.5 Å². The maximum atomic E-state index is 6.13. The minimum absolute atomic E-state index is 0.229. The van der Waals surface area contributed by atoms with Gasteiger partial charge >= 0.3 is 0 Å². The quantitative estimate of drug-likeness (QED) is 0.747. The van der Waals surface area contributed by atoms with Gasteiger partial charge in [-0.2, -0.15) is 0 Å². The first-order valence-electron chi connectivity index (χ1n) is 7.28. The number of hydrogen-bond acceptors (Lipinski definition) is 3. The number of hydrogen-bond donors (Lipinski definition) is 0. The summed E-state index contributed by atoms with van der Waals surface area (Å²) < 4.78 is 6.13. The van der Waals surface area contributed by atoms with Crippen molar-refractivity contribution < 1.29 is 4.74 Å². The topological polar surface area (TPSA) is 15.7 Å². The highest BCUT2D eigenvalue weighted by molar-refractivity contribution is 5.28. The van der Waals surface area contributed by atoms with Gasteiger partial charge in [-0.3, -0.25) is 4.90 Å². The van der Waals surface area contributed by atoms with E-state index in [4.69, 9.17) is 4.74 Å². The van der Waals surface area contributed by atoms with Crippen molar-refractivity contribution in [2.24, 2.45) is 0 Å². The normalized spacial score (nSPS) is 33.3. The second-order valence-corrected chi connectivity index (χ2v) is 5.87. The second kappa shape index (κ2) is 4.61. The maximum Gasteiger partial charge on any atom is 0.181 e. The van der Waals surface area contributed by atoms with Crippen LogP contribution in [0.25, 0.3) is 0 Å². The molecule has 1 unspecified atom stereocenters. The Bertz CT molecular complexity index is 376. The van der Waals surface area contributed by atoms with Crippen molar-refractivity contribution in [3.05, 3.63) is 23.6 Å². The lowest BCUT2D eigenvalue weighted by Gasteiger charge is -2.40. The molecule has 3 rings (SSSR count). The Morgan fingerprint density at radius 2 is 1.67 bits per heavy atom. The zero-order chi connectivity index (χ0) is 12.6. The Morgan fingerprint density at radius 1 is 1.06 bits per heavy atom. The molecule has 18 heavy (non-hydrogen) atoms. The number of nitrogens with zero attached hydrogens (tertiary/aromatic N) is 2. The lowest BCUT2D eigenvalue weighted by molar-refractivity contribution is -0.0685. The number of rotatable bonds is 2. The van der Waals surface area contributed by atoms with Gasteiger partial charge in [0, 0.05) is 31.9 Å². The highest BCUT2D eigenvalue weighted by Gasteiger charge is 2.37. The smallest absolute Gasteiger partial charge is 0.181 e. The summed E-state index contributed by atoms with van der Waals surface area (Å²) in [7, 11) is 0. The number of allylic oxidation sites excluding steroid dienone is 2. The van der Waals surface area contributed by atoms with E-state index in [9.17, 15) is 0 Å². The molecule has 3 nitrogen and oxygen atoms in total. The lowest BCUT2D eigenvalue weighted by Crippen LogP contribution is -2.47. The van der Waals surface area contributed by atoms with Crippen LogP contribution in [0.2, 0.25) is 0 Å². The average molecular weight is 248 g/mol. The molecule has 3 heteroatoms. The van der Waals surface area contributed by atoms with Crippen LogP contribution in [0.4, 0.5) is 0 Å². The summed E-state index contributed by atoms with van der Waals surface area (Å²) in [5, 5.41) is 0. The predicted octanol–water partition coefficient (Wildman–Crippen LogP) is 2.71. The van der Waals surface area contributed by atoms with Crippen LogP contribution in [0.15, 0.2) is 23.6 Å². The Balaban J connectivity index is 1.85. The van der Waals surface area contributed by atoms with Crippen LogP contribution in [-0.2, 0) is 4.74 Å². The van der Waals surface area contributed by atoms with Crippen molar-refractivity contribution in [3.63, 3.8) is 0 Å². The van der Waals surface area contributed by atoms with Gasteiger partial charge in [-0.05, 0) is 51.7 Å². The molecule has 0 aromatic rings. The summed E-state index contributed by atoms with van der Waals surface area (Å²) in [6.07, 6.45) is 9.78. The predicted molar refractivity (Wildman–Crippen MR) is 72.9 cm³/mol. The van der Waals surface area contributed by atoms with E-state index in [0.29, 0.717) is 0 Å². The fourth-order valence-corrected chi connectivity index (χ4v) is 3.38. The fraction of sp³-hybridized carbons (Fsp3) is 0.733. The molecule has 0 aromatic carbocycles. The summed E-state index contributed by atoms with van der Waals surface area (Å²) in [5.74, 6) is 1.05. The molecule has 3 aliphatic rings. The van der Waals surface area contributed by atoms with Gasteiger partial charge in [0.2, 0.25) is 0 Å². The van der Waals surface area contributed by atoms with E-state index in [1.807, 2.05) is 0 Å². The third kappa shape index (κ3) is 2.16. The third-order valence-electron chi connectivity index (χ3n) is 4.34. The standard InChI is InChI=1S/C15H24N2O/c1-13-11-14(16-7-3-4-8-16)12-15(2,18-13)17-9-5-6-10-17/h11-12H,3-10H2,1-2H3. The Kier molecular flexibility index (Phi) is 3.10. The van der Waals surface area contributed by atoms with Crippen molar-refractivity contribution in [3.8, 4) is 0 Å². The van der Waals surface area contributed by atoms with E-state index >= 15 is 0 Å². The second-order valence-electron chi connectivity index (χ2n) is 5.87. The molecule has 100 valence electrons. The summed E-state index contributed by atoms with van der Waals surface area (Å²) in [5.41, 5.74) is 1.14. The molecule has 0 amide bonds. The van der Waals surface area contributed by atoms with Crippen LogP contribution in [0.1, 0.15) is 39.5 Å². The lowest BCUT2D eigenvalue weighted by atomic mass is 10.1. The van der Waals surface area contributed by atoms with E-state index in [0.717, 1.165) is 18.8 Å². The van der Waals surface area contributed by atoms with Crippen molar-refractivity contribution in [1.29, 1.82) is 0 Å². The molecule has 1 atom stereocenters. The molecule has 0 spiro atoms. The zero-order valence-corrected chi connectivity index (χ0v) is 11.6. The summed E-state index contributed by atoms with van der Waals surface area (Å²) in [6, 6.07) is 0. The van der Waals surface area contributed by atoms with Crippen LogP contribution in [0, 0.1) is 0 Å². The SMILES string of the molecule is CC1=CC(N2CCCC2)=CC(C)(N2CCCC2)O1. The molecular formula is C15H24N2O. The highest BCUT2D eigenvalue weighted by Crippen LogP contribution is 2.33. The highest BCUT2D eigenvalue weighted by atomic mass is 16.5. The van der Waals surface area contributed by atoms with Gasteiger partial charge in [0.05, 0.1) is 5.76 Å². The zero-order valence-electron chi connectivity index (χ0n) is 11.6. The van der Waals surface area contributed by atoms with Crippen molar-refractivity contribution in [2.75, 3.05) is 26.2 Å². The first kappa shape index (κ1) is 12.1. The molecule has 0 N–H and O–H groups in total. The molecule has 2 saturated heterocycles. The molecule has 3 aliphatic heterocycles. The van der Waals surface area contributed by atoms with Crippen LogP contribution < -0.4 is 0 Å². The molecule has 0 saturated carbocycles. The van der Waals surface area contributed by atoms with Gasteiger partial charge in [0.25, 0.3) is 0 Å². The Morgan fingerprint density at radius 3 is 2.33 bits per heavy atom. The summed E-state index contributed by atoms with van der Waals surface area (Å²) >= 11 is 0. The van der Waals surface area contributed by atoms with Crippen molar-refractivity contribution in [1.82, 2.24) is 9.80 Å². The van der Waals surface area contributed by atoms with Gasteiger partial charge in [0.1, 0.15) is 0 Å². The Hall–Kier alpha value is -0.960. The van der Waals surface area contributed by atoms with Gasteiger partial charge < -0.3 is 9.64 Å². The van der Waals surface area contributed by atoms with E-state index < -0.39 is 0 Å². The van der Waals surface area contributed by atoms with Crippen LogP contribution in [0.5, 0.6) is 0 Å². The average Bonchev–Trinajstić information content (AvgIpc) is 3.02. The number of likely N-dealkylation sites (tertiary alicyclic amines) is 2. The van der Waals surface area contributed by atoms with E-state index in [-0.39, 0.29) is 5.72 Å². The van der Waals surface area contributed by atoms with Gasteiger partial charge in [-0.25, -0.2) is 0 Å². The maximum absolute atomic E-state index is 6.13. The molecule has 2 fully saturated rings. The largest absolute Gasteiger partial charge is 0.474 e. The molecule has 0 aromatic heterocycles. The summed E-state index contributed by atoms with van der Waals surface area (Å²) in [4.78, 5) is 4.97. The van der Waals surface area contributed by atoms with Crippen LogP contribution in [0.3, 0.4) is 0 Å². The van der Waals surface area contributed by atoms with Crippen molar-refractivity contribution >= 4 is 0 Å². The van der Waals surface area contributed by atoms with Gasteiger partial charge in [-0.15, -0.1) is 0 Å². The molecular weight excluding hydrogens is 224 g/mol. The fourth-order valence-electron chi connectivity index (χ4n) is 3.38. The monoisotopic (exact) mass is 248 g/mol. The molecule has 3 heterocycles. The van der Waals surface area contributed by atoms with E-state index in [1.54, 1.807) is 0 Å². The first-order chi connectivity index (χ1) is 8.67. The third-order valence-corrected chi connectivity index (χ3v) is 4.34. The number of ether oxygens (including phenoxy) is 1. The summed E-state index contributed by atoms with van der Waals surface area (Å²) in [6.45, 7) is 9.01. The first-order valence-corrected chi connectivity index (χ1v) is 7.28. The Labute approximate surface area is 110 Å². The molecule has 0 bridgehead atoms. The molecule has 0 radical (unpaired) electrons. The van der Waals surface area contributed by atoms with Gasteiger partial charge in [-0.1, -0.05) is 0 Å².